The molecule has 1 aromatic rings. The molecular weight excluding hydrogens is 321 g/mol. The Kier molecular flexibility index (Phi) is 6.23. The fourth-order valence-electron chi connectivity index (χ4n) is 2.93. The first-order chi connectivity index (χ1) is 11.4. The van der Waals surface area contributed by atoms with Crippen LogP contribution in [-0.2, 0) is 9.59 Å². The minimum absolute atomic E-state index is 0.0332. The van der Waals surface area contributed by atoms with Crippen LogP contribution in [0.2, 0.25) is 0 Å². The van der Waals surface area contributed by atoms with Gasteiger partial charge in [0.05, 0.1) is 5.69 Å². The van der Waals surface area contributed by atoms with E-state index in [2.05, 4.69) is 5.32 Å². The summed E-state index contributed by atoms with van der Waals surface area (Å²) < 4.78 is 40.2. The van der Waals surface area contributed by atoms with Crippen LogP contribution in [0.15, 0.2) is 12.1 Å². The molecule has 0 saturated heterocycles. The molecule has 2 rings (SSSR count). The van der Waals surface area contributed by atoms with E-state index >= 15 is 0 Å². The Bertz CT molecular complexity index is 616. The van der Waals surface area contributed by atoms with Gasteiger partial charge in [0, 0.05) is 25.9 Å². The second-order valence-electron chi connectivity index (χ2n) is 6.02. The molecule has 0 atom stereocenters. The molecule has 24 heavy (non-hydrogen) atoms. The zero-order chi connectivity index (χ0) is 17.7. The lowest BCUT2D eigenvalue weighted by molar-refractivity contribution is -0.121. The Balaban J connectivity index is 2.00. The lowest BCUT2D eigenvalue weighted by Gasteiger charge is -2.25. The van der Waals surface area contributed by atoms with E-state index in [0.29, 0.717) is 0 Å². The molecule has 0 spiro atoms. The van der Waals surface area contributed by atoms with E-state index in [1.165, 1.54) is 13.3 Å². The summed E-state index contributed by atoms with van der Waals surface area (Å²) in [6.45, 7) is 1.08. The number of nitrogens with zero attached hydrogens (tertiary/aromatic N) is 1. The maximum atomic E-state index is 13.9. The maximum Gasteiger partial charge on any atom is 0.223 e. The number of rotatable bonds is 5. The summed E-state index contributed by atoms with van der Waals surface area (Å²) >= 11 is 0. The summed E-state index contributed by atoms with van der Waals surface area (Å²) in [5, 5.41) is 2.89. The molecule has 1 aromatic carbocycles. The molecule has 7 heteroatoms. The van der Waals surface area contributed by atoms with Crippen LogP contribution in [-0.4, -0.2) is 24.4 Å². The normalized spacial score (nSPS) is 15.2. The van der Waals surface area contributed by atoms with Crippen molar-refractivity contribution in [3.63, 3.8) is 0 Å². The lowest BCUT2D eigenvalue weighted by Crippen LogP contribution is -2.39. The molecule has 1 aliphatic carbocycles. The van der Waals surface area contributed by atoms with E-state index in [1.54, 1.807) is 0 Å². The minimum atomic E-state index is -1.63. The van der Waals surface area contributed by atoms with Crippen LogP contribution in [0.3, 0.4) is 0 Å². The first-order valence-electron chi connectivity index (χ1n) is 8.11. The third kappa shape index (κ3) is 4.49. The van der Waals surface area contributed by atoms with Crippen molar-refractivity contribution in [2.75, 3.05) is 11.4 Å². The fraction of sp³-hybridized carbons (Fsp3) is 0.529. The van der Waals surface area contributed by atoms with Gasteiger partial charge < -0.3 is 10.2 Å². The van der Waals surface area contributed by atoms with E-state index < -0.39 is 23.4 Å². The highest BCUT2D eigenvalue weighted by atomic mass is 19.2. The van der Waals surface area contributed by atoms with Crippen molar-refractivity contribution in [2.24, 2.45) is 0 Å². The van der Waals surface area contributed by atoms with Gasteiger partial charge in [-0.05, 0) is 25.0 Å². The Morgan fingerprint density at radius 2 is 1.79 bits per heavy atom. The average Bonchev–Trinajstić information content (AvgIpc) is 2.55. The number of carbonyl (C=O) groups is 2. The highest BCUT2D eigenvalue weighted by Gasteiger charge is 2.22. The van der Waals surface area contributed by atoms with Gasteiger partial charge in [-0.15, -0.1) is 0 Å². The van der Waals surface area contributed by atoms with Gasteiger partial charge in [0.1, 0.15) is 0 Å². The quantitative estimate of drug-likeness (QED) is 0.835. The second kappa shape index (κ2) is 8.17. The van der Waals surface area contributed by atoms with E-state index in [-0.39, 0.29) is 30.6 Å². The number of benzene rings is 1. The van der Waals surface area contributed by atoms with Gasteiger partial charge in [0.2, 0.25) is 11.8 Å². The first kappa shape index (κ1) is 18.3. The lowest BCUT2D eigenvalue weighted by atomic mass is 9.95. The third-order valence-corrected chi connectivity index (χ3v) is 4.22. The number of hydrogen-bond donors (Lipinski definition) is 1. The van der Waals surface area contributed by atoms with Gasteiger partial charge in [0.15, 0.2) is 17.5 Å². The molecular formula is C17H21F3N2O2. The topological polar surface area (TPSA) is 49.4 Å². The van der Waals surface area contributed by atoms with Crippen molar-refractivity contribution in [1.29, 1.82) is 0 Å². The van der Waals surface area contributed by atoms with Gasteiger partial charge >= 0.3 is 0 Å². The van der Waals surface area contributed by atoms with Crippen LogP contribution in [0.5, 0.6) is 0 Å². The van der Waals surface area contributed by atoms with E-state index in [9.17, 15) is 22.8 Å². The third-order valence-electron chi connectivity index (χ3n) is 4.22. The van der Waals surface area contributed by atoms with Gasteiger partial charge in [0.25, 0.3) is 0 Å². The molecule has 0 aliphatic heterocycles. The SMILES string of the molecule is CC(=O)N(CCC(=O)NC1CCCCC1)c1ccc(F)c(F)c1F. The summed E-state index contributed by atoms with van der Waals surface area (Å²) in [6, 6.07) is 1.89. The molecule has 0 aromatic heterocycles. The zero-order valence-corrected chi connectivity index (χ0v) is 13.6. The number of anilines is 1. The molecule has 2 amide bonds. The van der Waals surface area contributed by atoms with Crippen LogP contribution in [0.1, 0.15) is 45.4 Å². The van der Waals surface area contributed by atoms with Crippen LogP contribution < -0.4 is 10.2 Å². The molecule has 1 N–H and O–H groups in total. The molecule has 4 nitrogen and oxygen atoms in total. The predicted molar refractivity (Wildman–Crippen MR) is 84.0 cm³/mol. The number of carbonyl (C=O) groups excluding carboxylic acids is 2. The number of amides is 2. The minimum Gasteiger partial charge on any atom is -0.353 e. The van der Waals surface area contributed by atoms with E-state index in [4.69, 9.17) is 0 Å². The highest BCUT2D eigenvalue weighted by Crippen LogP contribution is 2.24. The Hall–Kier alpha value is -2.05. The van der Waals surface area contributed by atoms with Crippen molar-refractivity contribution >= 4 is 17.5 Å². The van der Waals surface area contributed by atoms with Gasteiger partial charge in [-0.2, -0.15) is 0 Å². The molecule has 1 fully saturated rings. The first-order valence-corrected chi connectivity index (χ1v) is 8.11. The van der Waals surface area contributed by atoms with Gasteiger partial charge in [-0.1, -0.05) is 19.3 Å². The van der Waals surface area contributed by atoms with Crippen LogP contribution in [0.25, 0.3) is 0 Å². The zero-order valence-electron chi connectivity index (χ0n) is 13.6. The van der Waals surface area contributed by atoms with E-state index in [0.717, 1.165) is 42.7 Å². The van der Waals surface area contributed by atoms with Crippen molar-refractivity contribution in [3.05, 3.63) is 29.6 Å². The summed E-state index contributed by atoms with van der Waals surface area (Å²) in [4.78, 5) is 24.6. The maximum absolute atomic E-state index is 13.9. The average molecular weight is 342 g/mol. The Morgan fingerprint density at radius 3 is 2.42 bits per heavy atom. The number of halogens is 3. The van der Waals surface area contributed by atoms with Crippen LogP contribution in [0.4, 0.5) is 18.9 Å². The highest BCUT2D eigenvalue weighted by molar-refractivity contribution is 5.92. The van der Waals surface area contributed by atoms with Crippen LogP contribution >= 0.6 is 0 Å². The molecule has 1 aliphatic rings. The smallest absolute Gasteiger partial charge is 0.223 e. The number of nitrogens with one attached hydrogen (secondary N) is 1. The summed E-state index contributed by atoms with van der Waals surface area (Å²) in [7, 11) is 0. The molecule has 0 heterocycles. The molecule has 0 bridgehead atoms. The standard InChI is InChI=1S/C17H21F3N2O2/c1-11(23)22(14-8-7-13(18)16(19)17(14)20)10-9-15(24)21-12-5-3-2-4-6-12/h7-8,12H,2-6,9-10H2,1H3,(H,21,24). The fourth-order valence-corrected chi connectivity index (χ4v) is 2.93. The molecule has 0 unspecified atom stereocenters. The molecule has 0 radical (unpaired) electrons. The second-order valence-corrected chi connectivity index (χ2v) is 6.02. The summed E-state index contributed by atoms with van der Waals surface area (Å²) in [6.07, 6.45) is 5.14. The van der Waals surface area contributed by atoms with Gasteiger partial charge in [-0.3, -0.25) is 9.59 Å². The van der Waals surface area contributed by atoms with Crippen molar-refractivity contribution in [1.82, 2.24) is 5.32 Å². The Labute approximate surface area is 139 Å². The largest absolute Gasteiger partial charge is 0.353 e. The van der Waals surface area contributed by atoms with Crippen molar-refractivity contribution in [3.8, 4) is 0 Å². The summed E-state index contributed by atoms with van der Waals surface area (Å²) in [5.74, 6) is -5.18. The van der Waals surface area contributed by atoms with Crippen molar-refractivity contribution < 1.29 is 22.8 Å². The van der Waals surface area contributed by atoms with Gasteiger partial charge in [-0.25, -0.2) is 13.2 Å². The predicted octanol–water partition coefficient (Wildman–Crippen LogP) is 3.30. The van der Waals surface area contributed by atoms with Crippen LogP contribution in [0, 0.1) is 17.5 Å². The molecule has 132 valence electrons. The number of hydrogen-bond acceptors (Lipinski definition) is 2. The van der Waals surface area contributed by atoms with Crippen molar-refractivity contribution in [2.45, 2.75) is 51.5 Å². The Morgan fingerprint density at radius 1 is 1.12 bits per heavy atom. The van der Waals surface area contributed by atoms with E-state index in [1.807, 2.05) is 0 Å². The monoisotopic (exact) mass is 342 g/mol. The summed E-state index contributed by atoms with van der Waals surface area (Å²) in [5.41, 5.74) is -0.369. The molecule has 1 saturated carbocycles.